The number of hydrogen-bond acceptors (Lipinski definition) is 4. The van der Waals surface area contributed by atoms with Gasteiger partial charge in [0.2, 0.25) is 0 Å². The Hall–Kier alpha value is -7.37. The first-order chi connectivity index (χ1) is 30.2. The van der Waals surface area contributed by atoms with Crippen LogP contribution in [-0.4, -0.2) is 0 Å². The van der Waals surface area contributed by atoms with Crippen molar-refractivity contribution in [1.82, 2.24) is 0 Å². The summed E-state index contributed by atoms with van der Waals surface area (Å²) in [4.78, 5) is 4.82. The Balaban J connectivity index is 1.21. The minimum Gasteiger partial charge on any atom is -0.455 e. The predicted octanol–water partition coefficient (Wildman–Crippen LogP) is 17.5. The van der Waals surface area contributed by atoms with Crippen molar-refractivity contribution in [2.75, 3.05) is 9.80 Å². The van der Waals surface area contributed by atoms with Gasteiger partial charge in [-0.3, -0.25) is 0 Å². The molecule has 0 saturated heterocycles. The van der Waals surface area contributed by atoms with E-state index in [-0.39, 0.29) is 0 Å². The summed E-state index contributed by atoms with van der Waals surface area (Å²) >= 11 is 8.27. The summed E-state index contributed by atoms with van der Waals surface area (Å²) < 4.78 is 9.67. The Morgan fingerprint density at radius 1 is 0.393 bits per heavy atom. The van der Waals surface area contributed by atoms with Crippen molar-refractivity contribution in [1.29, 1.82) is 0 Å². The maximum Gasteiger partial charge on any atom is 0.143 e. The summed E-state index contributed by atoms with van der Waals surface area (Å²) in [7, 11) is 0. The van der Waals surface area contributed by atoms with Crippen molar-refractivity contribution < 1.29 is 4.42 Å². The van der Waals surface area contributed by atoms with Gasteiger partial charge in [-0.15, -0.1) is 11.3 Å². The summed E-state index contributed by atoms with van der Waals surface area (Å²) in [5.74, 6) is 0. The third kappa shape index (κ3) is 5.95. The van der Waals surface area contributed by atoms with Gasteiger partial charge in [-0.05, 0) is 101 Å². The summed E-state index contributed by atoms with van der Waals surface area (Å²) in [5.41, 5.74) is 10.2. The van der Waals surface area contributed by atoms with Gasteiger partial charge in [0.15, 0.2) is 0 Å². The van der Waals surface area contributed by atoms with E-state index >= 15 is 0 Å². The van der Waals surface area contributed by atoms with Crippen molar-refractivity contribution in [3.8, 4) is 11.1 Å². The van der Waals surface area contributed by atoms with Crippen LogP contribution in [0.1, 0.15) is 0 Å². The third-order valence-electron chi connectivity index (χ3n) is 11.8. The van der Waals surface area contributed by atoms with E-state index in [9.17, 15) is 0 Å². The first kappa shape index (κ1) is 35.6. The van der Waals surface area contributed by atoms with Gasteiger partial charge in [0.25, 0.3) is 0 Å². The van der Waals surface area contributed by atoms with Crippen LogP contribution in [0.25, 0.3) is 74.8 Å². The fraction of sp³-hybridized carbons (Fsp3) is 0. The molecule has 0 aliphatic carbocycles. The molecule has 12 aromatic rings. The SMILES string of the molecule is Clc1ccc(-c2cc(N(c3ccccc3)c3ccccc3)c3c(c2)oc2c4ccccc4c(N(c4ccc5ccccc5c4)c4cccc5c4sc4ccccc45)cc23)cc1. The zero-order valence-electron chi connectivity index (χ0n) is 32.8. The number of rotatable bonds is 7. The normalized spacial score (nSPS) is 11.7. The molecule has 61 heavy (non-hydrogen) atoms. The van der Waals surface area contributed by atoms with Gasteiger partial charge >= 0.3 is 0 Å². The highest BCUT2D eigenvalue weighted by atomic mass is 35.5. The number of thiophene rings is 1. The van der Waals surface area contributed by atoms with Crippen LogP contribution in [0.5, 0.6) is 0 Å². The van der Waals surface area contributed by atoms with Crippen molar-refractivity contribution >= 4 is 121 Å². The molecule has 288 valence electrons. The van der Waals surface area contributed by atoms with Crippen LogP contribution < -0.4 is 9.80 Å². The number of fused-ring (bicyclic) bond motifs is 9. The lowest BCUT2D eigenvalue weighted by molar-refractivity contribution is 0.673. The highest BCUT2D eigenvalue weighted by Gasteiger charge is 2.26. The molecule has 10 aromatic carbocycles. The van der Waals surface area contributed by atoms with Crippen molar-refractivity contribution in [2.24, 2.45) is 0 Å². The first-order valence-corrected chi connectivity index (χ1v) is 21.6. The predicted molar refractivity (Wildman–Crippen MR) is 261 cm³/mol. The number of halogens is 1. The van der Waals surface area contributed by atoms with E-state index in [1.807, 2.05) is 23.5 Å². The standard InChI is InChI=1S/C56H35ClN2OS/c57-40-29-26-37(27-30-40)39-33-51(58(41-16-3-1-4-17-41)42-18-5-2-6-19-42)54-48-35-50(44-20-9-10-22-46(44)55(48)60-52(54)34-39)59(43-31-28-36-14-7-8-15-38(36)32-43)49-24-13-23-47-45-21-11-12-25-53(45)61-56(47)49/h1-35H. The Morgan fingerprint density at radius 2 is 1.05 bits per heavy atom. The molecule has 3 nitrogen and oxygen atoms in total. The molecule has 0 fully saturated rings. The number of furan rings is 1. The van der Waals surface area contributed by atoms with E-state index in [0.29, 0.717) is 5.02 Å². The van der Waals surface area contributed by atoms with Gasteiger partial charge in [0, 0.05) is 53.7 Å². The number of benzene rings is 10. The Bertz CT molecular complexity index is 3570. The van der Waals surface area contributed by atoms with E-state index in [2.05, 4.69) is 210 Å². The monoisotopic (exact) mass is 818 g/mol. The molecule has 0 atom stereocenters. The van der Waals surface area contributed by atoms with Gasteiger partial charge in [-0.2, -0.15) is 0 Å². The molecule has 12 rings (SSSR count). The molecule has 0 aliphatic heterocycles. The fourth-order valence-corrected chi connectivity index (χ4v) is 10.4. The molecule has 0 N–H and O–H groups in total. The molecule has 0 bridgehead atoms. The second-order valence-electron chi connectivity index (χ2n) is 15.4. The quantitative estimate of drug-likeness (QED) is 0.160. The van der Waals surface area contributed by atoms with Gasteiger partial charge in [-0.1, -0.05) is 145 Å². The van der Waals surface area contributed by atoms with E-state index in [0.717, 1.165) is 78.0 Å². The minimum atomic E-state index is 0.699. The van der Waals surface area contributed by atoms with E-state index in [4.69, 9.17) is 16.0 Å². The van der Waals surface area contributed by atoms with Gasteiger partial charge in [0.1, 0.15) is 11.2 Å². The average molecular weight is 819 g/mol. The summed E-state index contributed by atoms with van der Waals surface area (Å²) in [6, 6.07) is 75.7. The molecule has 0 amide bonds. The molecule has 2 heterocycles. The number of hydrogen-bond donors (Lipinski definition) is 0. The van der Waals surface area contributed by atoms with Crippen LogP contribution in [0.15, 0.2) is 217 Å². The molecule has 0 radical (unpaired) electrons. The second-order valence-corrected chi connectivity index (χ2v) is 16.9. The summed E-state index contributed by atoms with van der Waals surface area (Å²) in [6.07, 6.45) is 0. The number of nitrogens with zero attached hydrogens (tertiary/aromatic N) is 2. The van der Waals surface area contributed by atoms with Crippen molar-refractivity contribution in [3.63, 3.8) is 0 Å². The van der Waals surface area contributed by atoms with Gasteiger partial charge < -0.3 is 14.2 Å². The average Bonchev–Trinajstić information content (AvgIpc) is 3.89. The number of para-hydroxylation sites is 2. The highest BCUT2D eigenvalue weighted by molar-refractivity contribution is 7.26. The zero-order valence-corrected chi connectivity index (χ0v) is 34.4. The molecule has 2 aromatic heterocycles. The molecular weight excluding hydrogens is 784 g/mol. The Kier molecular flexibility index (Phi) is 8.41. The second kappa shape index (κ2) is 14.4. The first-order valence-electron chi connectivity index (χ1n) is 20.4. The lowest BCUT2D eigenvalue weighted by Gasteiger charge is -2.28. The maximum atomic E-state index is 7.16. The van der Waals surface area contributed by atoms with Gasteiger partial charge in [-0.25, -0.2) is 0 Å². The summed E-state index contributed by atoms with van der Waals surface area (Å²) in [5, 5.41) is 9.83. The molecule has 0 aliphatic rings. The fourth-order valence-electron chi connectivity index (χ4n) is 9.07. The Labute approximate surface area is 361 Å². The minimum absolute atomic E-state index is 0.699. The van der Waals surface area contributed by atoms with Gasteiger partial charge in [0.05, 0.1) is 27.1 Å². The maximum absolute atomic E-state index is 7.16. The van der Waals surface area contributed by atoms with E-state index in [1.54, 1.807) is 0 Å². The van der Waals surface area contributed by atoms with Crippen LogP contribution in [0.3, 0.4) is 0 Å². The Morgan fingerprint density at radius 3 is 1.82 bits per heavy atom. The molecule has 0 unspecified atom stereocenters. The molecule has 5 heteroatoms. The smallest absolute Gasteiger partial charge is 0.143 e. The van der Waals surface area contributed by atoms with Crippen LogP contribution in [0.2, 0.25) is 5.02 Å². The van der Waals surface area contributed by atoms with Crippen molar-refractivity contribution in [3.05, 3.63) is 217 Å². The molecule has 0 saturated carbocycles. The number of anilines is 6. The molecular formula is C56H35ClN2OS. The molecule has 0 spiro atoms. The lowest BCUT2D eigenvalue weighted by atomic mass is 9.98. The lowest BCUT2D eigenvalue weighted by Crippen LogP contribution is -2.11. The highest BCUT2D eigenvalue weighted by Crippen LogP contribution is 2.51. The van der Waals surface area contributed by atoms with Crippen LogP contribution in [-0.2, 0) is 0 Å². The zero-order chi connectivity index (χ0) is 40.4. The van der Waals surface area contributed by atoms with Crippen LogP contribution in [0.4, 0.5) is 34.1 Å². The summed E-state index contributed by atoms with van der Waals surface area (Å²) in [6.45, 7) is 0. The topological polar surface area (TPSA) is 19.6 Å². The van der Waals surface area contributed by atoms with Crippen LogP contribution in [0, 0.1) is 0 Å². The van der Waals surface area contributed by atoms with E-state index < -0.39 is 0 Å². The van der Waals surface area contributed by atoms with Crippen LogP contribution >= 0.6 is 22.9 Å². The van der Waals surface area contributed by atoms with Crippen molar-refractivity contribution in [2.45, 2.75) is 0 Å². The van der Waals surface area contributed by atoms with E-state index in [1.165, 1.54) is 30.9 Å². The largest absolute Gasteiger partial charge is 0.455 e. The third-order valence-corrected chi connectivity index (χ3v) is 13.3.